The summed E-state index contributed by atoms with van der Waals surface area (Å²) in [4.78, 5) is 10.7. The van der Waals surface area contributed by atoms with Gasteiger partial charge in [-0.05, 0) is 20.8 Å². The Bertz CT molecular complexity index is 134. The van der Waals surface area contributed by atoms with Crippen LogP contribution in [0.4, 0.5) is 0 Å². The van der Waals surface area contributed by atoms with Gasteiger partial charge in [0.2, 0.25) is 0 Å². The summed E-state index contributed by atoms with van der Waals surface area (Å²) in [6.07, 6.45) is 1.04. The Hall–Kier alpha value is -0.410. The molecule has 0 saturated carbocycles. The van der Waals surface area contributed by atoms with Crippen molar-refractivity contribution in [2.24, 2.45) is 5.41 Å². The van der Waals surface area contributed by atoms with E-state index in [4.69, 9.17) is 9.47 Å². The van der Waals surface area contributed by atoms with E-state index < -0.39 is 5.41 Å². The summed E-state index contributed by atoms with van der Waals surface area (Å²) in [7, 11) is 1.58. The van der Waals surface area contributed by atoms with E-state index in [2.05, 4.69) is 0 Å². The van der Waals surface area contributed by atoms with E-state index in [1.165, 1.54) is 0 Å². The number of carbonyl (C=O) groups excluding carboxylic acids is 1. The van der Waals surface area contributed by atoms with Gasteiger partial charge in [-0.3, -0.25) is 0 Å². The molecule has 0 N–H and O–H groups in total. The van der Waals surface area contributed by atoms with Crippen LogP contribution in [0.5, 0.6) is 0 Å². The summed E-state index contributed by atoms with van der Waals surface area (Å²) >= 11 is 0. The third kappa shape index (κ3) is 4.46. The first-order valence-electron chi connectivity index (χ1n) is 4.11. The summed E-state index contributed by atoms with van der Waals surface area (Å²) in [6, 6.07) is 0. The average Bonchev–Trinajstić information content (AvgIpc) is 2.02. The fraction of sp³-hybridized carbons (Fsp3) is 0.889. The topological polar surface area (TPSA) is 35.5 Å². The van der Waals surface area contributed by atoms with Crippen LogP contribution in [0.25, 0.3) is 0 Å². The Morgan fingerprint density at radius 3 is 2.33 bits per heavy atom. The van der Waals surface area contributed by atoms with Crippen molar-refractivity contribution < 1.29 is 14.3 Å². The van der Waals surface area contributed by atoms with Gasteiger partial charge < -0.3 is 14.3 Å². The maximum Gasteiger partial charge on any atom is 0.130 e. The van der Waals surface area contributed by atoms with Crippen LogP contribution in [0.15, 0.2) is 0 Å². The van der Waals surface area contributed by atoms with Gasteiger partial charge in [-0.2, -0.15) is 0 Å². The number of hydrogen-bond donors (Lipinski definition) is 0. The van der Waals surface area contributed by atoms with Gasteiger partial charge in [-0.15, -0.1) is 0 Å². The maximum absolute atomic E-state index is 10.7. The lowest BCUT2D eigenvalue weighted by Gasteiger charge is -2.22. The minimum absolute atomic E-state index is 0.154. The molecule has 0 rings (SSSR count). The second-order valence-electron chi connectivity index (χ2n) is 3.56. The van der Waals surface area contributed by atoms with Gasteiger partial charge in [0.05, 0.1) is 24.7 Å². The predicted molar refractivity (Wildman–Crippen MR) is 47.1 cm³/mol. The Morgan fingerprint density at radius 2 is 2.00 bits per heavy atom. The molecule has 0 fully saturated rings. The van der Waals surface area contributed by atoms with Gasteiger partial charge in [0.25, 0.3) is 0 Å². The number of carbonyl (C=O) groups is 1. The Kier molecular flexibility index (Phi) is 5.09. The zero-order chi connectivity index (χ0) is 9.61. The standard InChI is InChI=1S/C9H18O3/c1-8(2)12-7-9(3,5-10)6-11-4/h5,8H,6-7H2,1-4H3. The number of ether oxygens (including phenoxy) is 2. The van der Waals surface area contributed by atoms with Gasteiger partial charge in [-0.25, -0.2) is 0 Å². The van der Waals surface area contributed by atoms with Crippen LogP contribution in [0.2, 0.25) is 0 Å². The van der Waals surface area contributed by atoms with Gasteiger partial charge >= 0.3 is 0 Å². The van der Waals surface area contributed by atoms with Crippen molar-refractivity contribution >= 4 is 6.29 Å². The first kappa shape index (κ1) is 11.6. The van der Waals surface area contributed by atoms with Crippen LogP contribution in [-0.4, -0.2) is 32.7 Å². The van der Waals surface area contributed by atoms with E-state index in [0.717, 1.165) is 6.29 Å². The number of hydrogen-bond acceptors (Lipinski definition) is 3. The zero-order valence-corrected chi connectivity index (χ0v) is 8.29. The molecule has 3 nitrogen and oxygen atoms in total. The summed E-state index contributed by atoms with van der Waals surface area (Å²) in [5.74, 6) is 0. The van der Waals surface area contributed by atoms with Crippen molar-refractivity contribution in [3.8, 4) is 0 Å². The predicted octanol–water partition coefficient (Wildman–Crippen LogP) is 1.26. The largest absolute Gasteiger partial charge is 0.384 e. The maximum atomic E-state index is 10.7. The second kappa shape index (κ2) is 5.27. The van der Waals surface area contributed by atoms with Crippen LogP contribution in [-0.2, 0) is 14.3 Å². The molecule has 12 heavy (non-hydrogen) atoms. The highest BCUT2D eigenvalue weighted by molar-refractivity contribution is 5.59. The van der Waals surface area contributed by atoms with Gasteiger partial charge in [0.1, 0.15) is 6.29 Å². The highest BCUT2D eigenvalue weighted by atomic mass is 16.5. The van der Waals surface area contributed by atoms with Crippen LogP contribution >= 0.6 is 0 Å². The summed E-state index contributed by atoms with van der Waals surface area (Å²) in [5, 5.41) is 0. The highest BCUT2D eigenvalue weighted by Gasteiger charge is 2.24. The summed E-state index contributed by atoms with van der Waals surface area (Å²) in [6.45, 7) is 6.53. The van der Waals surface area contributed by atoms with E-state index in [1.807, 2.05) is 20.8 Å². The third-order valence-corrected chi connectivity index (χ3v) is 1.50. The highest BCUT2D eigenvalue weighted by Crippen LogP contribution is 2.14. The lowest BCUT2D eigenvalue weighted by atomic mass is 9.95. The van der Waals surface area contributed by atoms with Crippen LogP contribution in [0.1, 0.15) is 20.8 Å². The molecule has 0 aromatic rings. The minimum Gasteiger partial charge on any atom is -0.384 e. The molecule has 3 heteroatoms. The molecule has 0 aliphatic heterocycles. The van der Waals surface area contributed by atoms with Gasteiger partial charge in [0.15, 0.2) is 0 Å². The molecule has 0 saturated heterocycles. The molecule has 0 spiro atoms. The smallest absolute Gasteiger partial charge is 0.130 e. The summed E-state index contributed by atoms with van der Waals surface area (Å²) in [5.41, 5.74) is -0.501. The second-order valence-corrected chi connectivity index (χ2v) is 3.56. The average molecular weight is 174 g/mol. The quantitative estimate of drug-likeness (QED) is 0.569. The number of rotatable bonds is 6. The van der Waals surface area contributed by atoms with Crippen molar-refractivity contribution in [3.63, 3.8) is 0 Å². The lowest BCUT2D eigenvalue weighted by molar-refractivity contribution is -0.123. The zero-order valence-electron chi connectivity index (χ0n) is 8.29. The first-order chi connectivity index (χ1) is 5.54. The van der Waals surface area contributed by atoms with Crippen molar-refractivity contribution in [2.45, 2.75) is 26.9 Å². The van der Waals surface area contributed by atoms with Crippen molar-refractivity contribution in [1.29, 1.82) is 0 Å². The molecule has 0 aliphatic carbocycles. The van der Waals surface area contributed by atoms with Gasteiger partial charge in [0, 0.05) is 7.11 Å². The molecule has 0 bridgehead atoms. The molecule has 72 valence electrons. The third-order valence-electron chi connectivity index (χ3n) is 1.50. The summed E-state index contributed by atoms with van der Waals surface area (Å²) < 4.78 is 10.3. The van der Waals surface area contributed by atoms with Crippen molar-refractivity contribution in [2.75, 3.05) is 20.3 Å². The van der Waals surface area contributed by atoms with Crippen LogP contribution in [0.3, 0.4) is 0 Å². The van der Waals surface area contributed by atoms with Crippen molar-refractivity contribution in [1.82, 2.24) is 0 Å². The van der Waals surface area contributed by atoms with E-state index in [-0.39, 0.29) is 6.10 Å². The first-order valence-corrected chi connectivity index (χ1v) is 4.11. The number of aldehydes is 1. The normalized spacial score (nSPS) is 16.1. The van der Waals surface area contributed by atoms with Gasteiger partial charge in [-0.1, -0.05) is 0 Å². The SMILES string of the molecule is COCC(C)(C=O)COC(C)C. The molecule has 1 atom stereocenters. The van der Waals surface area contributed by atoms with Crippen LogP contribution < -0.4 is 0 Å². The molecule has 0 aliphatic rings. The van der Waals surface area contributed by atoms with Crippen LogP contribution in [0, 0.1) is 5.41 Å². The monoisotopic (exact) mass is 174 g/mol. The lowest BCUT2D eigenvalue weighted by Crippen LogP contribution is -2.31. The molecule has 1 unspecified atom stereocenters. The molecule has 0 radical (unpaired) electrons. The van der Waals surface area contributed by atoms with E-state index in [0.29, 0.717) is 13.2 Å². The molecular formula is C9H18O3. The van der Waals surface area contributed by atoms with Crippen molar-refractivity contribution in [3.05, 3.63) is 0 Å². The van der Waals surface area contributed by atoms with E-state index in [9.17, 15) is 4.79 Å². The molecule has 0 aromatic carbocycles. The molecule has 0 amide bonds. The molecule has 0 aromatic heterocycles. The Morgan fingerprint density at radius 1 is 1.42 bits per heavy atom. The fourth-order valence-electron chi connectivity index (χ4n) is 0.796. The van der Waals surface area contributed by atoms with E-state index in [1.54, 1.807) is 7.11 Å². The van der Waals surface area contributed by atoms with E-state index >= 15 is 0 Å². The fourth-order valence-corrected chi connectivity index (χ4v) is 0.796. The number of methoxy groups -OCH3 is 1. The Labute approximate surface area is 74.0 Å². The minimum atomic E-state index is -0.501. The Balaban J connectivity index is 3.87. The molecule has 0 heterocycles. The molecular weight excluding hydrogens is 156 g/mol.